The molecule has 0 spiro atoms. The quantitative estimate of drug-likeness (QED) is 0.767. The third-order valence-corrected chi connectivity index (χ3v) is 2.56. The molecule has 7 heteroatoms. The number of hydrogen-bond donors (Lipinski definition) is 1. The molecular weight excluding hydrogens is 256 g/mol. The van der Waals surface area contributed by atoms with Crippen LogP contribution in [0.25, 0.3) is 5.69 Å². The molecule has 0 atom stereocenters. The minimum Gasteiger partial charge on any atom is -0.402 e. The van der Waals surface area contributed by atoms with Gasteiger partial charge in [-0.2, -0.15) is 4.98 Å². The summed E-state index contributed by atoms with van der Waals surface area (Å²) in [6.07, 6.45) is 4.65. The lowest BCUT2D eigenvalue weighted by Crippen LogP contribution is -2.02. The zero-order chi connectivity index (χ0) is 13.8. The van der Waals surface area contributed by atoms with Crippen LogP contribution >= 0.6 is 0 Å². The van der Waals surface area contributed by atoms with Gasteiger partial charge in [0.1, 0.15) is 6.33 Å². The van der Waals surface area contributed by atoms with Gasteiger partial charge in [0.2, 0.25) is 5.88 Å². The molecule has 20 heavy (non-hydrogen) atoms. The Labute approximate surface area is 115 Å². The molecule has 0 saturated carbocycles. The summed E-state index contributed by atoms with van der Waals surface area (Å²) in [5.74, 6) is 0.318. The van der Waals surface area contributed by atoms with Crippen LogP contribution in [-0.4, -0.2) is 24.7 Å². The van der Waals surface area contributed by atoms with Crippen LogP contribution in [0.15, 0.2) is 49.1 Å². The maximum absolute atomic E-state index is 5.50. The summed E-state index contributed by atoms with van der Waals surface area (Å²) in [4.78, 5) is 12.2. The highest BCUT2D eigenvalue weighted by molar-refractivity contribution is 5.29. The molecule has 0 amide bonds. The highest BCUT2D eigenvalue weighted by atomic mass is 16.5. The number of ether oxygens (including phenoxy) is 1. The molecule has 0 unspecified atom stereocenters. The summed E-state index contributed by atoms with van der Waals surface area (Å²) in [6, 6.07) is 9.84. The molecule has 0 radical (unpaired) electrons. The van der Waals surface area contributed by atoms with Gasteiger partial charge in [0.25, 0.3) is 0 Å². The first kappa shape index (κ1) is 12.2. The van der Waals surface area contributed by atoms with Gasteiger partial charge in [-0.25, -0.2) is 9.67 Å². The average molecular weight is 268 g/mol. The second-order valence-electron chi connectivity index (χ2n) is 3.96. The third-order valence-electron chi connectivity index (χ3n) is 2.56. The summed E-state index contributed by atoms with van der Waals surface area (Å²) >= 11 is 0. The van der Waals surface area contributed by atoms with E-state index in [-0.39, 0.29) is 6.01 Å². The molecule has 1 aromatic carbocycles. The predicted octanol–water partition coefficient (Wildman–Crippen LogP) is 1.31. The molecule has 0 aliphatic rings. The Kier molecular flexibility index (Phi) is 3.34. The second kappa shape index (κ2) is 5.45. The summed E-state index contributed by atoms with van der Waals surface area (Å²) in [6.45, 7) is 0.302. The van der Waals surface area contributed by atoms with Gasteiger partial charge in [-0.1, -0.05) is 18.2 Å². The van der Waals surface area contributed by atoms with Gasteiger partial charge >= 0.3 is 6.01 Å². The highest BCUT2D eigenvalue weighted by Crippen LogP contribution is 2.15. The van der Waals surface area contributed by atoms with Gasteiger partial charge in [-0.15, -0.1) is 5.10 Å². The van der Waals surface area contributed by atoms with Crippen molar-refractivity contribution in [1.82, 2.24) is 24.7 Å². The van der Waals surface area contributed by atoms with Crippen molar-refractivity contribution in [2.75, 3.05) is 0 Å². The maximum atomic E-state index is 5.50. The zero-order valence-electron chi connectivity index (χ0n) is 10.5. The minimum atomic E-state index is 0.206. The Balaban J connectivity index is 1.80. The van der Waals surface area contributed by atoms with Crippen molar-refractivity contribution < 1.29 is 4.74 Å². The Morgan fingerprint density at radius 3 is 2.80 bits per heavy atom. The Bertz CT molecular complexity index is 697. The lowest BCUT2D eigenvalue weighted by molar-refractivity contribution is 0.420. The molecule has 2 heterocycles. The van der Waals surface area contributed by atoms with Crippen LogP contribution in [0.2, 0.25) is 0 Å². The van der Waals surface area contributed by atoms with Crippen LogP contribution in [0, 0.1) is 0 Å². The zero-order valence-corrected chi connectivity index (χ0v) is 10.5. The molecule has 3 rings (SSSR count). The molecule has 100 valence electrons. The van der Waals surface area contributed by atoms with E-state index >= 15 is 0 Å². The van der Waals surface area contributed by atoms with E-state index in [9.17, 15) is 0 Å². The average Bonchev–Trinajstić information content (AvgIpc) is 2.97. The Morgan fingerprint density at radius 1 is 1.15 bits per heavy atom. The minimum absolute atomic E-state index is 0.206. The first-order chi connectivity index (χ1) is 9.85. The molecular formula is C13H12N6O. The molecule has 0 aliphatic carbocycles. The number of aromatic nitrogens is 5. The van der Waals surface area contributed by atoms with E-state index in [1.165, 1.54) is 6.20 Å². The maximum Gasteiger partial charge on any atom is 0.342 e. The Morgan fingerprint density at radius 2 is 2.00 bits per heavy atom. The van der Waals surface area contributed by atoms with Crippen molar-refractivity contribution in [2.45, 2.75) is 6.54 Å². The Hall–Kier alpha value is -2.80. The first-order valence-corrected chi connectivity index (χ1v) is 6.01. The van der Waals surface area contributed by atoms with Crippen LogP contribution in [0.5, 0.6) is 11.9 Å². The normalized spacial score (nSPS) is 10.4. The van der Waals surface area contributed by atoms with E-state index < -0.39 is 0 Å². The van der Waals surface area contributed by atoms with E-state index in [0.29, 0.717) is 18.1 Å². The van der Waals surface area contributed by atoms with E-state index in [1.54, 1.807) is 17.2 Å². The van der Waals surface area contributed by atoms with Gasteiger partial charge in [0.05, 0.1) is 17.6 Å². The fraction of sp³-hybridized carbons (Fsp3) is 0.0769. The first-order valence-electron chi connectivity index (χ1n) is 6.01. The molecule has 2 aromatic heterocycles. The van der Waals surface area contributed by atoms with Crippen molar-refractivity contribution in [3.05, 3.63) is 54.7 Å². The SMILES string of the molecule is NCc1cncc(Oc2ncn(-c3ccccc3)n2)n1. The smallest absolute Gasteiger partial charge is 0.342 e. The van der Waals surface area contributed by atoms with Crippen LogP contribution in [-0.2, 0) is 6.54 Å². The largest absolute Gasteiger partial charge is 0.402 e. The van der Waals surface area contributed by atoms with E-state index in [2.05, 4.69) is 20.1 Å². The summed E-state index contributed by atoms with van der Waals surface area (Å²) in [5, 5.41) is 4.22. The number of nitrogens with zero attached hydrogens (tertiary/aromatic N) is 5. The number of nitrogens with two attached hydrogens (primary N) is 1. The van der Waals surface area contributed by atoms with Crippen LogP contribution in [0.3, 0.4) is 0 Å². The molecule has 2 N–H and O–H groups in total. The summed E-state index contributed by atoms with van der Waals surface area (Å²) in [7, 11) is 0. The van der Waals surface area contributed by atoms with E-state index in [4.69, 9.17) is 10.5 Å². The summed E-state index contributed by atoms with van der Waals surface area (Å²) < 4.78 is 7.07. The predicted molar refractivity (Wildman–Crippen MR) is 71.4 cm³/mol. The number of hydrogen-bond acceptors (Lipinski definition) is 6. The number of benzene rings is 1. The molecule has 7 nitrogen and oxygen atoms in total. The standard InChI is InChI=1S/C13H12N6O/c14-6-10-7-15-8-12(17-10)20-13-16-9-19(18-13)11-4-2-1-3-5-11/h1-5,7-9H,6,14H2. The van der Waals surface area contributed by atoms with Gasteiger partial charge < -0.3 is 10.5 Å². The molecule has 0 saturated heterocycles. The number of rotatable bonds is 4. The topological polar surface area (TPSA) is 91.7 Å². The van der Waals surface area contributed by atoms with Gasteiger partial charge in [0.15, 0.2) is 0 Å². The summed E-state index contributed by atoms with van der Waals surface area (Å²) in [5.41, 5.74) is 7.04. The molecule has 0 aliphatic heterocycles. The van der Waals surface area contributed by atoms with Crippen molar-refractivity contribution in [2.24, 2.45) is 5.73 Å². The molecule has 0 bridgehead atoms. The van der Waals surface area contributed by atoms with Crippen LogP contribution in [0.1, 0.15) is 5.69 Å². The lowest BCUT2D eigenvalue weighted by Gasteiger charge is -2.01. The van der Waals surface area contributed by atoms with Crippen molar-refractivity contribution in [3.8, 4) is 17.6 Å². The molecule has 0 fully saturated rings. The fourth-order valence-electron chi connectivity index (χ4n) is 1.63. The van der Waals surface area contributed by atoms with E-state index in [0.717, 1.165) is 5.69 Å². The van der Waals surface area contributed by atoms with Crippen molar-refractivity contribution in [3.63, 3.8) is 0 Å². The monoisotopic (exact) mass is 268 g/mol. The van der Waals surface area contributed by atoms with Gasteiger partial charge in [0, 0.05) is 12.7 Å². The van der Waals surface area contributed by atoms with Crippen LogP contribution < -0.4 is 10.5 Å². The number of para-hydroxylation sites is 1. The second-order valence-corrected chi connectivity index (χ2v) is 3.96. The highest BCUT2D eigenvalue weighted by Gasteiger charge is 2.06. The fourth-order valence-corrected chi connectivity index (χ4v) is 1.63. The van der Waals surface area contributed by atoms with Crippen LogP contribution in [0.4, 0.5) is 0 Å². The lowest BCUT2D eigenvalue weighted by atomic mass is 10.3. The van der Waals surface area contributed by atoms with E-state index in [1.807, 2.05) is 30.3 Å². The van der Waals surface area contributed by atoms with Gasteiger partial charge in [-0.3, -0.25) is 4.98 Å². The third kappa shape index (κ3) is 2.62. The van der Waals surface area contributed by atoms with Crippen molar-refractivity contribution >= 4 is 0 Å². The molecule has 3 aromatic rings. The van der Waals surface area contributed by atoms with Crippen molar-refractivity contribution in [1.29, 1.82) is 0 Å². The van der Waals surface area contributed by atoms with Gasteiger partial charge in [-0.05, 0) is 12.1 Å².